The van der Waals surface area contributed by atoms with Gasteiger partial charge in [-0.2, -0.15) is 0 Å². The smallest absolute Gasteiger partial charge is 0.248 e. The van der Waals surface area contributed by atoms with Gasteiger partial charge in [0.05, 0.1) is 7.11 Å². The SMILES string of the molecule is CCCN(CCC)CCOc1cc(NC(=O)C=Cc2ccc(F)cc2F)ccc1OC. The number of methoxy groups -OCH3 is 1. The molecule has 0 saturated heterocycles. The molecule has 0 unspecified atom stereocenters. The van der Waals surface area contributed by atoms with Crippen LogP contribution in [0.15, 0.2) is 42.5 Å². The summed E-state index contributed by atoms with van der Waals surface area (Å²) in [5.41, 5.74) is 0.642. The number of amides is 1. The van der Waals surface area contributed by atoms with Gasteiger partial charge >= 0.3 is 0 Å². The van der Waals surface area contributed by atoms with Crippen LogP contribution in [0.4, 0.5) is 14.5 Å². The average Bonchev–Trinajstić information content (AvgIpc) is 2.73. The summed E-state index contributed by atoms with van der Waals surface area (Å²) >= 11 is 0. The summed E-state index contributed by atoms with van der Waals surface area (Å²) in [6, 6.07) is 8.27. The largest absolute Gasteiger partial charge is 0.493 e. The zero-order chi connectivity index (χ0) is 22.6. The Kier molecular flexibility index (Phi) is 9.97. The maximum atomic E-state index is 13.7. The van der Waals surface area contributed by atoms with Crippen molar-refractivity contribution in [2.24, 2.45) is 0 Å². The van der Waals surface area contributed by atoms with E-state index in [9.17, 15) is 13.6 Å². The summed E-state index contributed by atoms with van der Waals surface area (Å²) < 4.78 is 37.9. The van der Waals surface area contributed by atoms with Gasteiger partial charge in [-0.3, -0.25) is 9.69 Å². The molecule has 1 N–H and O–H groups in total. The summed E-state index contributed by atoms with van der Waals surface area (Å²) in [5.74, 6) is -0.750. The first kappa shape index (κ1) is 24.3. The third-order valence-electron chi connectivity index (χ3n) is 4.55. The third-order valence-corrected chi connectivity index (χ3v) is 4.55. The third kappa shape index (κ3) is 8.02. The van der Waals surface area contributed by atoms with Gasteiger partial charge in [0.15, 0.2) is 11.5 Å². The van der Waals surface area contributed by atoms with Crippen LogP contribution >= 0.6 is 0 Å². The Morgan fingerprint density at radius 1 is 1.03 bits per heavy atom. The molecule has 0 aliphatic rings. The first-order valence-electron chi connectivity index (χ1n) is 10.4. The molecule has 0 saturated carbocycles. The van der Waals surface area contributed by atoms with Crippen LogP contribution in [0, 0.1) is 11.6 Å². The molecule has 0 fully saturated rings. The molecule has 2 aromatic carbocycles. The average molecular weight is 433 g/mol. The van der Waals surface area contributed by atoms with Gasteiger partial charge in [-0.15, -0.1) is 0 Å². The summed E-state index contributed by atoms with van der Waals surface area (Å²) in [7, 11) is 1.56. The Labute approximate surface area is 182 Å². The van der Waals surface area contributed by atoms with Gasteiger partial charge in [0.2, 0.25) is 5.91 Å². The van der Waals surface area contributed by atoms with Crippen LogP contribution in [0.3, 0.4) is 0 Å². The molecule has 0 aliphatic carbocycles. The van der Waals surface area contributed by atoms with Crippen molar-refractivity contribution in [3.63, 3.8) is 0 Å². The molecule has 5 nitrogen and oxygen atoms in total. The lowest BCUT2D eigenvalue weighted by Gasteiger charge is -2.21. The van der Waals surface area contributed by atoms with Crippen molar-refractivity contribution in [3.8, 4) is 11.5 Å². The molecule has 2 aromatic rings. The molecule has 7 heteroatoms. The molecule has 0 aromatic heterocycles. The van der Waals surface area contributed by atoms with Crippen LogP contribution in [0.1, 0.15) is 32.3 Å². The topological polar surface area (TPSA) is 50.8 Å². The molecule has 0 heterocycles. The number of nitrogens with zero attached hydrogens (tertiary/aromatic N) is 1. The molecule has 0 radical (unpaired) electrons. The van der Waals surface area contributed by atoms with Gasteiger partial charge in [0.25, 0.3) is 0 Å². The molecule has 31 heavy (non-hydrogen) atoms. The second-order valence-corrected chi connectivity index (χ2v) is 7.04. The number of nitrogens with one attached hydrogen (secondary N) is 1. The van der Waals surface area contributed by atoms with E-state index in [4.69, 9.17) is 9.47 Å². The quantitative estimate of drug-likeness (QED) is 0.473. The maximum Gasteiger partial charge on any atom is 0.248 e. The van der Waals surface area contributed by atoms with Crippen LogP contribution in [-0.2, 0) is 4.79 Å². The first-order valence-corrected chi connectivity index (χ1v) is 10.4. The van der Waals surface area contributed by atoms with Crippen molar-refractivity contribution >= 4 is 17.7 Å². The minimum Gasteiger partial charge on any atom is -0.493 e. The summed E-state index contributed by atoms with van der Waals surface area (Å²) in [5, 5.41) is 2.71. The Hall–Kier alpha value is -2.93. The van der Waals surface area contributed by atoms with E-state index in [1.54, 1.807) is 25.3 Å². The summed E-state index contributed by atoms with van der Waals surface area (Å²) in [6.45, 7) is 7.64. The number of halogens is 2. The van der Waals surface area contributed by atoms with Gasteiger partial charge in [-0.05, 0) is 56.3 Å². The normalized spacial score (nSPS) is 11.2. The van der Waals surface area contributed by atoms with Crippen molar-refractivity contribution < 1.29 is 23.0 Å². The van der Waals surface area contributed by atoms with Gasteiger partial charge in [0.1, 0.15) is 18.2 Å². The predicted octanol–water partition coefficient (Wildman–Crippen LogP) is 5.13. The second-order valence-electron chi connectivity index (χ2n) is 7.04. The van der Waals surface area contributed by atoms with Gasteiger partial charge in [-0.1, -0.05) is 13.8 Å². The predicted molar refractivity (Wildman–Crippen MR) is 120 cm³/mol. The van der Waals surface area contributed by atoms with Crippen molar-refractivity contribution in [1.29, 1.82) is 0 Å². The lowest BCUT2D eigenvalue weighted by molar-refractivity contribution is -0.111. The van der Waals surface area contributed by atoms with Crippen molar-refractivity contribution in [1.82, 2.24) is 4.90 Å². The van der Waals surface area contributed by atoms with Gasteiger partial charge < -0.3 is 14.8 Å². The number of benzene rings is 2. The molecule has 2 rings (SSSR count). The van der Waals surface area contributed by atoms with E-state index in [0.29, 0.717) is 23.8 Å². The Balaban J connectivity index is 2.00. The highest BCUT2D eigenvalue weighted by Gasteiger charge is 2.09. The van der Waals surface area contributed by atoms with Gasteiger partial charge in [0, 0.05) is 36.0 Å². The van der Waals surface area contributed by atoms with Crippen molar-refractivity contribution in [3.05, 3.63) is 59.7 Å². The Bertz CT molecular complexity index is 881. The van der Waals surface area contributed by atoms with E-state index >= 15 is 0 Å². The van der Waals surface area contributed by atoms with Crippen LogP contribution in [0.25, 0.3) is 6.08 Å². The first-order chi connectivity index (χ1) is 15.0. The van der Waals surface area contributed by atoms with E-state index in [1.165, 1.54) is 18.2 Å². The lowest BCUT2D eigenvalue weighted by atomic mass is 10.2. The van der Waals surface area contributed by atoms with E-state index < -0.39 is 17.5 Å². The highest BCUT2D eigenvalue weighted by atomic mass is 19.1. The maximum absolute atomic E-state index is 13.7. The fraction of sp³-hybridized carbons (Fsp3) is 0.375. The van der Waals surface area contributed by atoms with E-state index in [2.05, 4.69) is 24.1 Å². The molecule has 0 bridgehead atoms. The fourth-order valence-corrected chi connectivity index (χ4v) is 3.11. The Morgan fingerprint density at radius 3 is 2.42 bits per heavy atom. The molecule has 168 valence electrons. The summed E-state index contributed by atoms with van der Waals surface area (Å²) in [6.07, 6.45) is 4.65. The minimum absolute atomic E-state index is 0.124. The van der Waals surface area contributed by atoms with E-state index in [-0.39, 0.29) is 5.56 Å². The van der Waals surface area contributed by atoms with E-state index in [0.717, 1.165) is 44.6 Å². The number of hydrogen-bond acceptors (Lipinski definition) is 4. The summed E-state index contributed by atoms with van der Waals surface area (Å²) in [4.78, 5) is 14.5. The molecular weight excluding hydrogens is 402 g/mol. The van der Waals surface area contributed by atoms with Crippen molar-refractivity contribution in [2.45, 2.75) is 26.7 Å². The van der Waals surface area contributed by atoms with Crippen molar-refractivity contribution in [2.75, 3.05) is 38.7 Å². The molecular formula is C24H30F2N2O3. The highest BCUT2D eigenvalue weighted by Crippen LogP contribution is 2.30. The number of hydrogen-bond donors (Lipinski definition) is 1. The Morgan fingerprint density at radius 2 is 1.77 bits per heavy atom. The highest BCUT2D eigenvalue weighted by molar-refractivity contribution is 6.02. The number of ether oxygens (including phenoxy) is 2. The molecule has 1 amide bonds. The van der Waals surface area contributed by atoms with Crippen LogP contribution in [0.5, 0.6) is 11.5 Å². The van der Waals surface area contributed by atoms with Crippen LogP contribution in [-0.4, -0.2) is 44.2 Å². The minimum atomic E-state index is -0.732. The lowest BCUT2D eigenvalue weighted by Crippen LogP contribution is -2.30. The second kappa shape index (κ2) is 12.7. The standard InChI is InChI=1S/C24H30F2N2O3/c1-4-12-28(13-5-2)14-15-31-23-17-20(9-10-22(23)30-3)27-24(29)11-7-18-6-8-19(25)16-21(18)26/h6-11,16-17H,4-5,12-15H2,1-3H3,(H,27,29). The van der Waals surface area contributed by atoms with Gasteiger partial charge in [-0.25, -0.2) is 8.78 Å². The number of rotatable bonds is 12. The zero-order valence-corrected chi connectivity index (χ0v) is 18.3. The van der Waals surface area contributed by atoms with E-state index in [1.807, 2.05) is 0 Å². The number of carbonyl (C=O) groups excluding carboxylic acids is 1. The zero-order valence-electron chi connectivity index (χ0n) is 18.3. The number of anilines is 1. The monoisotopic (exact) mass is 432 g/mol. The number of carbonyl (C=O) groups is 1. The molecule has 0 aliphatic heterocycles. The van der Waals surface area contributed by atoms with Crippen LogP contribution < -0.4 is 14.8 Å². The van der Waals surface area contributed by atoms with Crippen LogP contribution in [0.2, 0.25) is 0 Å². The molecule has 0 atom stereocenters. The molecule has 0 spiro atoms. The fourth-order valence-electron chi connectivity index (χ4n) is 3.11.